The van der Waals surface area contributed by atoms with Crippen LogP contribution in [0.1, 0.15) is 37.6 Å². The van der Waals surface area contributed by atoms with Crippen molar-refractivity contribution in [2.75, 3.05) is 6.54 Å². The third kappa shape index (κ3) is 5.17. The van der Waals surface area contributed by atoms with E-state index in [1.807, 2.05) is 20.8 Å². The quantitative estimate of drug-likeness (QED) is 0.621. The third-order valence-electron chi connectivity index (χ3n) is 2.38. The summed E-state index contributed by atoms with van der Waals surface area (Å²) in [6.45, 7) is 5.76. The molecule has 0 aliphatic rings. The van der Waals surface area contributed by atoms with Crippen molar-refractivity contribution in [2.24, 2.45) is 0 Å². The van der Waals surface area contributed by atoms with Gasteiger partial charge in [0.15, 0.2) is 0 Å². The number of carbonyl (C=O) groups excluding carboxylic acids is 2. The fraction of sp³-hybridized carbons (Fsp3) is 0.429. The number of nitrogens with one attached hydrogen (secondary N) is 2. The Morgan fingerprint density at radius 1 is 1.20 bits per heavy atom. The molecule has 6 nitrogen and oxygen atoms in total. The SMILES string of the molecule is CC(C)(C)NC(=O)CCNC(=O)c1cc(O)ccc1O. The van der Waals surface area contributed by atoms with E-state index in [0.29, 0.717) is 0 Å². The minimum atomic E-state index is -0.540. The van der Waals surface area contributed by atoms with Crippen LogP contribution in [0.3, 0.4) is 0 Å². The maximum Gasteiger partial charge on any atom is 0.255 e. The Labute approximate surface area is 117 Å². The molecule has 0 aliphatic carbocycles. The first-order chi connectivity index (χ1) is 9.19. The highest BCUT2D eigenvalue weighted by atomic mass is 16.3. The summed E-state index contributed by atoms with van der Waals surface area (Å²) in [5.41, 5.74) is -0.342. The highest BCUT2D eigenvalue weighted by Crippen LogP contribution is 2.21. The van der Waals surface area contributed by atoms with Crippen molar-refractivity contribution in [1.82, 2.24) is 10.6 Å². The van der Waals surface area contributed by atoms with Gasteiger partial charge in [0.1, 0.15) is 11.5 Å². The monoisotopic (exact) mass is 280 g/mol. The van der Waals surface area contributed by atoms with Crippen LogP contribution in [0.5, 0.6) is 11.5 Å². The smallest absolute Gasteiger partial charge is 0.255 e. The van der Waals surface area contributed by atoms with Crippen molar-refractivity contribution in [1.29, 1.82) is 0 Å². The fourth-order valence-corrected chi connectivity index (χ4v) is 1.57. The molecule has 6 heteroatoms. The lowest BCUT2D eigenvalue weighted by atomic mass is 10.1. The summed E-state index contributed by atoms with van der Waals surface area (Å²) >= 11 is 0. The second kappa shape index (κ2) is 6.27. The number of hydrogen-bond acceptors (Lipinski definition) is 4. The summed E-state index contributed by atoms with van der Waals surface area (Å²) in [4.78, 5) is 23.3. The van der Waals surface area contributed by atoms with E-state index in [0.717, 1.165) is 0 Å². The Hall–Kier alpha value is -2.24. The van der Waals surface area contributed by atoms with Crippen LogP contribution in [0, 0.1) is 0 Å². The van der Waals surface area contributed by atoms with E-state index in [9.17, 15) is 19.8 Å². The van der Waals surface area contributed by atoms with Gasteiger partial charge in [-0.2, -0.15) is 0 Å². The molecule has 0 saturated carbocycles. The van der Waals surface area contributed by atoms with E-state index in [4.69, 9.17) is 0 Å². The average Bonchev–Trinajstić information content (AvgIpc) is 2.29. The molecular formula is C14H20N2O4. The largest absolute Gasteiger partial charge is 0.508 e. The Balaban J connectivity index is 2.48. The summed E-state index contributed by atoms with van der Waals surface area (Å²) in [5, 5.41) is 24.1. The molecule has 0 aromatic heterocycles. The van der Waals surface area contributed by atoms with Gasteiger partial charge < -0.3 is 20.8 Å². The van der Waals surface area contributed by atoms with Gasteiger partial charge in [0.25, 0.3) is 5.91 Å². The first-order valence-corrected chi connectivity index (χ1v) is 6.30. The zero-order valence-corrected chi connectivity index (χ0v) is 11.9. The van der Waals surface area contributed by atoms with E-state index in [1.54, 1.807) is 0 Å². The van der Waals surface area contributed by atoms with Gasteiger partial charge in [-0.25, -0.2) is 0 Å². The van der Waals surface area contributed by atoms with Crippen molar-refractivity contribution < 1.29 is 19.8 Å². The number of aromatic hydroxyl groups is 2. The van der Waals surface area contributed by atoms with Crippen molar-refractivity contribution >= 4 is 11.8 Å². The summed E-state index contributed by atoms with van der Waals surface area (Å²) in [5.74, 6) is -1.04. The predicted molar refractivity (Wildman–Crippen MR) is 74.6 cm³/mol. The predicted octanol–water partition coefficient (Wildman–Crippen LogP) is 1.13. The van der Waals surface area contributed by atoms with Gasteiger partial charge in [-0.05, 0) is 39.0 Å². The average molecular weight is 280 g/mol. The molecule has 1 aromatic rings. The van der Waals surface area contributed by atoms with Crippen molar-refractivity contribution in [3.05, 3.63) is 23.8 Å². The zero-order chi connectivity index (χ0) is 15.3. The number of rotatable bonds is 4. The van der Waals surface area contributed by atoms with Crippen LogP contribution in [0.25, 0.3) is 0 Å². The maximum atomic E-state index is 11.8. The molecule has 1 rings (SSSR count). The molecule has 0 fully saturated rings. The number of benzene rings is 1. The van der Waals surface area contributed by atoms with Gasteiger partial charge in [-0.1, -0.05) is 0 Å². The zero-order valence-electron chi connectivity index (χ0n) is 11.9. The van der Waals surface area contributed by atoms with E-state index >= 15 is 0 Å². The van der Waals surface area contributed by atoms with Crippen LogP contribution >= 0.6 is 0 Å². The minimum Gasteiger partial charge on any atom is -0.508 e. The number of phenolic OH excluding ortho intramolecular Hbond substituents is 2. The molecular weight excluding hydrogens is 260 g/mol. The first kappa shape index (κ1) is 15.8. The van der Waals surface area contributed by atoms with Gasteiger partial charge in [-0.15, -0.1) is 0 Å². The van der Waals surface area contributed by atoms with Gasteiger partial charge in [0, 0.05) is 18.5 Å². The molecule has 0 unspecified atom stereocenters. The molecule has 0 aliphatic heterocycles. The number of hydrogen-bond donors (Lipinski definition) is 4. The Morgan fingerprint density at radius 2 is 1.85 bits per heavy atom. The Morgan fingerprint density at radius 3 is 2.45 bits per heavy atom. The highest BCUT2D eigenvalue weighted by molar-refractivity contribution is 5.97. The fourth-order valence-electron chi connectivity index (χ4n) is 1.57. The molecule has 20 heavy (non-hydrogen) atoms. The van der Waals surface area contributed by atoms with Crippen LogP contribution in [-0.4, -0.2) is 34.1 Å². The molecule has 0 saturated heterocycles. The Bertz CT molecular complexity index is 506. The molecule has 1 aromatic carbocycles. The first-order valence-electron chi connectivity index (χ1n) is 6.30. The molecule has 0 spiro atoms. The lowest BCUT2D eigenvalue weighted by Crippen LogP contribution is -2.41. The van der Waals surface area contributed by atoms with Crippen LogP contribution in [0.15, 0.2) is 18.2 Å². The summed E-state index contributed by atoms with van der Waals surface area (Å²) < 4.78 is 0. The van der Waals surface area contributed by atoms with Crippen LogP contribution in [-0.2, 0) is 4.79 Å². The Kier molecular flexibility index (Phi) is 4.96. The van der Waals surface area contributed by atoms with Crippen molar-refractivity contribution in [2.45, 2.75) is 32.7 Å². The van der Waals surface area contributed by atoms with E-state index in [2.05, 4.69) is 10.6 Å². The van der Waals surface area contributed by atoms with E-state index < -0.39 is 5.91 Å². The van der Waals surface area contributed by atoms with E-state index in [1.165, 1.54) is 18.2 Å². The van der Waals surface area contributed by atoms with Crippen LogP contribution < -0.4 is 10.6 Å². The summed E-state index contributed by atoms with van der Waals surface area (Å²) in [7, 11) is 0. The van der Waals surface area contributed by atoms with Crippen LogP contribution in [0.4, 0.5) is 0 Å². The molecule has 0 radical (unpaired) electrons. The number of amides is 2. The lowest BCUT2D eigenvalue weighted by molar-refractivity contribution is -0.122. The van der Waals surface area contributed by atoms with Gasteiger partial charge in [0.2, 0.25) is 5.91 Å². The number of phenols is 2. The molecule has 2 amide bonds. The minimum absolute atomic E-state index is 0.0266. The van der Waals surface area contributed by atoms with Crippen molar-refractivity contribution in [3.63, 3.8) is 0 Å². The van der Waals surface area contributed by atoms with Gasteiger partial charge >= 0.3 is 0 Å². The van der Waals surface area contributed by atoms with Gasteiger partial charge in [-0.3, -0.25) is 9.59 Å². The second-order valence-corrected chi connectivity index (χ2v) is 5.51. The third-order valence-corrected chi connectivity index (χ3v) is 2.38. The summed E-state index contributed by atoms with van der Waals surface area (Å²) in [6, 6.07) is 3.68. The topological polar surface area (TPSA) is 98.7 Å². The molecule has 4 N–H and O–H groups in total. The standard InChI is InChI=1S/C14H20N2O4/c1-14(2,3)16-12(19)6-7-15-13(20)10-8-9(17)4-5-11(10)18/h4-5,8,17-18H,6-7H2,1-3H3,(H,15,20)(H,16,19). The van der Waals surface area contributed by atoms with Crippen LogP contribution in [0.2, 0.25) is 0 Å². The normalized spacial score (nSPS) is 10.9. The summed E-state index contributed by atoms with van der Waals surface area (Å²) in [6.07, 6.45) is 0.141. The molecule has 0 heterocycles. The second-order valence-electron chi connectivity index (χ2n) is 5.51. The molecule has 0 atom stereocenters. The number of carbonyl (C=O) groups is 2. The lowest BCUT2D eigenvalue weighted by Gasteiger charge is -2.20. The molecule has 110 valence electrons. The van der Waals surface area contributed by atoms with Gasteiger partial charge in [0.05, 0.1) is 5.56 Å². The van der Waals surface area contributed by atoms with E-state index in [-0.39, 0.29) is 41.5 Å². The maximum absolute atomic E-state index is 11.8. The highest BCUT2D eigenvalue weighted by Gasteiger charge is 2.15. The van der Waals surface area contributed by atoms with Crippen molar-refractivity contribution in [3.8, 4) is 11.5 Å². The molecule has 0 bridgehead atoms.